The Morgan fingerprint density at radius 1 is 1.33 bits per heavy atom. The maximum absolute atomic E-state index is 10.7. The van der Waals surface area contributed by atoms with E-state index in [1.807, 2.05) is 30.3 Å². The van der Waals surface area contributed by atoms with Crippen LogP contribution in [0.5, 0.6) is 0 Å². The smallest absolute Gasteiger partial charge is 0.236 e. The third kappa shape index (κ3) is 5.50. The van der Waals surface area contributed by atoms with Gasteiger partial charge in [0.25, 0.3) is 0 Å². The van der Waals surface area contributed by atoms with Crippen LogP contribution in [-0.4, -0.2) is 18.7 Å². The molecule has 94 valence electrons. The topological polar surface area (TPSA) is 91.0 Å². The Morgan fingerprint density at radius 2 is 2.06 bits per heavy atom. The van der Waals surface area contributed by atoms with Crippen LogP contribution >= 0.6 is 0 Å². The zero-order valence-electron chi connectivity index (χ0n) is 9.89. The van der Waals surface area contributed by atoms with E-state index in [0.717, 1.165) is 11.9 Å². The number of carbonyl (C=O) groups excluding carboxylic acids is 1. The molecule has 5 heteroatoms. The van der Waals surface area contributed by atoms with Gasteiger partial charge in [-0.05, 0) is 24.3 Å². The molecular weight excluding hydrogens is 228 g/mol. The molecule has 0 aliphatic heterocycles. The summed E-state index contributed by atoms with van der Waals surface area (Å²) in [5.74, 6) is -0.441. The lowest BCUT2D eigenvalue weighted by molar-refractivity contribution is -0.117. The Balaban J connectivity index is 2.66. The molecule has 5 nitrogen and oxygen atoms in total. The first-order valence-electron chi connectivity index (χ1n) is 5.43. The minimum Gasteiger partial charge on any atom is -0.375 e. The van der Waals surface area contributed by atoms with E-state index in [9.17, 15) is 4.79 Å². The lowest BCUT2D eigenvalue weighted by Crippen LogP contribution is -2.27. The molecular formula is C13H16N4O. The van der Waals surface area contributed by atoms with Gasteiger partial charge in [-0.15, -0.1) is 0 Å². The summed E-state index contributed by atoms with van der Waals surface area (Å²) in [4.78, 5) is 10.7. The zero-order valence-corrected chi connectivity index (χ0v) is 9.89. The van der Waals surface area contributed by atoms with E-state index in [1.54, 1.807) is 18.4 Å². The van der Waals surface area contributed by atoms with Gasteiger partial charge in [0.1, 0.15) is 0 Å². The molecule has 0 radical (unpaired) electrons. The maximum atomic E-state index is 10.7. The van der Waals surface area contributed by atoms with Crippen LogP contribution in [0.25, 0.3) is 0 Å². The van der Waals surface area contributed by atoms with Crippen molar-refractivity contribution < 1.29 is 4.79 Å². The lowest BCUT2D eigenvalue weighted by atomic mass is 10.3. The molecule has 1 rings (SSSR count). The molecule has 0 aliphatic carbocycles. The Morgan fingerprint density at radius 3 is 2.67 bits per heavy atom. The zero-order chi connectivity index (χ0) is 13.2. The first kappa shape index (κ1) is 13.5. The van der Waals surface area contributed by atoms with Crippen molar-refractivity contribution in [1.82, 2.24) is 5.32 Å². The number of anilines is 1. The fourth-order valence-corrected chi connectivity index (χ4v) is 1.19. The highest BCUT2D eigenvalue weighted by molar-refractivity contribution is 5.76. The van der Waals surface area contributed by atoms with Crippen LogP contribution in [-0.2, 0) is 4.79 Å². The van der Waals surface area contributed by atoms with Gasteiger partial charge in [-0.2, -0.15) is 0 Å². The summed E-state index contributed by atoms with van der Waals surface area (Å²) in [6.45, 7) is 0.0463. The molecule has 18 heavy (non-hydrogen) atoms. The summed E-state index contributed by atoms with van der Waals surface area (Å²) in [5.41, 5.74) is 6.66. The molecule has 1 aromatic rings. The molecule has 0 saturated heterocycles. The van der Waals surface area contributed by atoms with Gasteiger partial charge in [0.2, 0.25) is 5.91 Å². The SMILES string of the molecule is N=C/C=C\C(=C\Nc1ccccc1)NCC(N)=O. The second kappa shape index (κ2) is 7.67. The molecule has 0 heterocycles. The number of allylic oxidation sites excluding steroid dienone is 2. The molecule has 1 aromatic carbocycles. The van der Waals surface area contributed by atoms with Crippen LogP contribution in [0.2, 0.25) is 0 Å². The third-order valence-corrected chi connectivity index (χ3v) is 2.01. The van der Waals surface area contributed by atoms with Crippen LogP contribution < -0.4 is 16.4 Å². The van der Waals surface area contributed by atoms with Crippen LogP contribution in [0.1, 0.15) is 0 Å². The van der Waals surface area contributed by atoms with E-state index in [0.29, 0.717) is 5.70 Å². The van der Waals surface area contributed by atoms with Crippen molar-refractivity contribution in [3.8, 4) is 0 Å². The summed E-state index contributed by atoms with van der Waals surface area (Å²) < 4.78 is 0. The Kier molecular flexibility index (Phi) is 5.76. The maximum Gasteiger partial charge on any atom is 0.236 e. The van der Waals surface area contributed by atoms with Crippen LogP contribution in [0.4, 0.5) is 5.69 Å². The number of nitrogens with two attached hydrogens (primary N) is 1. The number of hydrogen-bond acceptors (Lipinski definition) is 4. The van der Waals surface area contributed by atoms with Crippen molar-refractivity contribution in [3.63, 3.8) is 0 Å². The summed E-state index contributed by atoms with van der Waals surface area (Å²) in [7, 11) is 0. The number of benzene rings is 1. The van der Waals surface area contributed by atoms with E-state index in [-0.39, 0.29) is 6.54 Å². The molecule has 0 bridgehead atoms. The molecule has 1 amide bonds. The number of para-hydroxylation sites is 1. The van der Waals surface area contributed by atoms with Gasteiger partial charge in [-0.25, -0.2) is 0 Å². The first-order chi connectivity index (χ1) is 8.72. The van der Waals surface area contributed by atoms with E-state index in [4.69, 9.17) is 11.1 Å². The van der Waals surface area contributed by atoms with Crippen molar-refractivity contribution in [2.45, 2.75) is 0 Å². The number of rotatable bonds is 7. The Bertz CT molecular complexity index is 451. The summed E-state index contributed by atoms with van der Waals surface area (Å²) in [6, 6.07) is 9.60. The predicted molar refractivity (Wildman–Crippen MR) is 73.3 cm³/mol. The monoisotopic (exact) mass is 244 g/mol. The van der Waals surface area contributed by atoms with Crippen LogP contribution in [0.3, 0.4) is 0 Å². The third-order valence-electron chi connectivity index (χ3n) is 2.01. The molecule has 0 fully saturated rings. The highest BCUT2D eigenvalue weighted by atomic mass is 16.1. The van der Waals surface area contributed by atoms with Crippen LogP contribution in [0.15, 0.2) is 54.4 Å². The largest absolute Gasteiger partial charge is 0.375 e. The number of carbonyl (C=O) groups is 1. The van der Waals surface area contributed by atoms with Crippen molar-refractivity contribution in [3.05, 3.63) is 54.4 Å². The molecule has 0 atom stereocenters. The molecule has 0 saturated carbocycles. The number of hydrogen-bond donors (Lipinski definition) is 4. The molecule has 0 unspecified atom stereocenters. The highest BCUT2D eigenvalue weighted by Crippen LogP contribution is 2.05. The molecule has 5 N–H and O–H groups in total. The fourth-order valence-electron chi connectivity index (χ4n) is 1.19. The minimum absolute atomic E-state index is 0.0463. The van der Waals surface area contributed by atoms with Crippen molar-refractivity contribution >= 4 is 17.8 Å². The second-order valence-electron chi connectivity index (χ2n) is 3.46. The van der Waals surface area contributed by atoms with E-state index in [2.05, 4.69) is 10.6 Å². The summed E-state index contributed by atoms with van der Waals surface area (Å²) in [6.07, 6.45) is 6.08. The van der Waals surface area contributed by atoms with E-state index < -0.39 is 5.91 Å². The van der Waals surface area contributed by atoms with Gasteiger partial charge in [0.15, 0.2) is 0 Å². The van der Waals surface area contributed by atoms with Crippen molar-refractivity contribution in [1.29, 1.82) is 5.41 Å². The first-order valence-corrected chi connectivity index (χ1v) is 5.43. The molecule has 0 aromatic heterocycles. The van der Waals surface area contributed by atoms with Gasteiger partial charge in [-0.3, -0.25) is 4.79 Å². The standard InChI is InChI=1S/C13H16N4O/c14-8-4-7-12(17-10-13(15)18)9-16-11-5-2-1-3-6-11/h1-9,14,16-17H,10H2,(H2,15,18)/b7-4-,12-9-,14-8?. The Hall–Kier alpha value is -2.56. The molecule has 0 spiro atoms. The highest BCUT2D eigenvalue weighted by Gasteiger charge is 1.95. The lowest BCUT2D eigenvalue weighted by Gasteiger charge is -2.06. The second-order valence-corrected chi connectivity index (χ2v) is 3.46. The number of primary amides is 1. The normalized spacial score (nSPS) is 11.2. The van der Waals surface area contributed by atoms with Crippen molar-refractivity contribution in [2.75, 3.05) is 11.9 Å². The average Bonchev–Trinajstić information content (AvgIpc) is 2.39. The fraction of sp³-hybridized carbons (Fsp3) is 0.0769. The van der Waals surface area contributed by atoms with E-state index >= 15 is 0 Å². The molecule has 0 aliphatic rings. The summed E-state index contributed by atoms with van der Waals surface area (Å²) in [5, 5.41) is 12.9. The Labute approximate surface area is 106 Å². The summed E-state index contributed by atoms with van der Waals surface area (Å²) >= 11 is 0. The van der Waals surface area contributed by atoms with E-state index in [1.165, 1.54) is 0 Å². The number of amides is 1. The quantitative estimate of drug-likeness (QED) is 0.429. The van der Waals surface area contributed by atoms with Gasteiger partial charge >= 0.3 is 0 Å². The van der Waals surface area contributed by atoms with Gasteiger partial charge in [0, 0.05) is 18.1 Å². The van der Waals surface area contributed by atoms with Gasteiger partial charge < -0.3 is 21.8 Å². The van der Waals surface area contributed by atoms with Gasteiger partial charge in [0.05, 0.1) is 12.2 Å². The predicted octanol–water partition coefficient (Wildman–Crippen LogP) is 1.22. The van der Waals surface area contributed by atoms with Crippen molar-refractivity contribution in [2.24, 2.45) is 5.73 Å². The van der Waals surface area contributed by atoms with Crippen LogP contribution in [0, 0.1) is 5.41 Å². The average molecular weight is 244 g/mol. The van der Waals surface area contributed by atoms with Gasteiger partial charge in [-0.1, -0.05) is 18.2 Å². The minimum atomic E-state index is -0.441. The number of nitrogens with one attached hydrogen (secondary N) is 3.